The molecule has 7 aromatic rings. The Kier molecular flexibility index (Phi) is 13.0. The van der Waals surface area contributed by atoms with Crippen molar-refractivity contribution in [2.45, 2.75) is 37.8 Å². The molecule has 9 rings (SSSR count). The lowest BCUT2D eigenvalue weighted by molar-refractivity contribution is -0.201. The SMILES string of the molecule is C[C@@H](CO)OC(Oc1cccc(-c2c3nc(c(-c4ccccc4)c4ccc([nH]4)c(-c4cccc(O[C@H](O)CO)c4)c4nc(c(-c5ccccc5)c5ccc2[nH]5)C=C4)C=C3)c1)C(O)[C@H](O)CO. The molecule has 0 saturated heterocycles. The summed E-state index contributed by atoms with van der Waals surface area (Å²) in [5.41, 5.74) is 12.3. The standard InChI is InChI=1S/C53H48N4O9/c1-31(28-58)64-53(52(63)46(61)29-59)66-37-17-9-15-35(27-37)51-44-24-20-40(56-44)48(32-10-4-2-5-11-32)38-18-22-42(54-38)50(34-14-8-16-36(26-34)65-47(62)30-60)43-23-19-39(55-43)49(33-12-6-3-7-13-33)41-21-25-45(51)57-41/h2-27,31,46-47,52-54,57-63H,28-30H2,1H3/t31-,46+,47-,52?,53?/m0/s1. The summed E-state index contributed by atoms with van der Waals surface area (Å²) < 4.78 is 17.6. The molecule has 8 bridgehead atoms. The number of benzene rings is 4. The Morgan fingerprint density at radius 1 is 0.470 bits per heavy atom. The molecule has 2 unspecified atom stereocenters. The third-order valence-corrected chi connectivity index (χ3v) is 11.3. The van der Waals surface area contributed by atoms with E-state index in [9.17, 15) is 30.6 Å². The zero-order valence-corrected chi connectivity index (χ0v) is 35.8. The monoisotopic (exact) mass is 884 g/mol. The van der Waals surface area contributed by atoms with E-state index in [0.29, 0.717) is 39.8 Å². The van der Waals surface area contributed by atoms with Gasteiger partial charge < -0.3 is 54.8 Å². The van der Waals surface area contributed by atoms with Crippen molar-refractivity contribution in [1.29, 1.82) is 0 Å². The molecule has 0 fully saturated rings. The van der Waals surface area contributed by atoms with Crippen LogP contribution in [0.4, 0.5) is 0 Å². The van der Waals surface area contributed by atoms with E-state index < -0.39 is 44.1 Å². The third-order valence-electron chi connectivity index (χ3n) is 11.3. The molecular formula is C53H48N4O9. The van der Waals surface area contributed by atoms with Gasteiger partial charge in [-0.25, -0.2) is 9.97 Å². The summed E-state index contributed by atoms with van der Waals surface area (Å²) in [6.45, 7) is -0.0590. The van der Waals surface area contributed by atoms with Crippen molar-refractivity contribution in [3.8, 4) is 56.0 Å². The predicted molar refractivity (Wildman–Crippen MR) is 255 cm³/mol. The molecular weight excluding hydrogens is 837 g/mol. The molecule has 8 N–H and O–H groups in total. The summed E-state index contributed by atoms with van der Waals surface area (Å²) in [5.74, 6) is 0.665. The van der Waals surface area contributed by atoms with Gasteiger partial charge in [0.05, 0.1) is 42.1 Å². The molecule has 13 heteroatoms. The number of ether oxygens (including phenoxy) is 3. The molecule has 0 aliphatic carbocycles. The topological polar surface area (TPSA) is 206 Å². The maximum atomic E-state index is 10.9. The van der Waals surface area contributed by atoms with Crippen LogP contribution in [0.25, 0.3) is 90.9 Å². The van der Waals surface area contributed by atoms with Gasteiger partial charge in [-0.15, -0.1) is 0 Å². The Hall–Kier alpha value is -7.20. The molecule has 4 aromatic carbocycles. The van der Waals surface area contributed by atoms with Gasteiger partial charge in [-0.3, -0.25) is 0 Å². The number of nitrogens with zero attached hydrogens (tertiary/aromatic N) is 2. The zero-order valence-electron chi connectivity index (χ0n) is 35.8. The first-order valence-corrected chi connectivity index (χ1v) is 21.5. The maximum Gasteiger partial charge on any atom is 0.229 e. The van der Waals surface area contributed by atoms with Crippen molar-refractivity contribution in [3.63, 3.8) is 0 Å². The maximum absolute atomic E-state index is 10.9. The normalized spacial score (nSPS) is 14.4. The molecule has 0 radical (unpaired) electrons. The number of hydrogen-bond donors (Lipinski definition) is 8. The third kappa shape index (κ3) is 9.18. The van der Waals surface area contributed by atoms with Crippen molar-refractivity contribution in [1.82, 2.24) is 19.9 Å². The molecule has 5 heterocycles. The van der Waals surface area contributed by atoms with E-state index >= 15 is 0 Å². The fourth-order valence-corrected chi connectivity index (χ4v) is 8.15. The average Bonchev–Trinajstić information content (AvgIpc) is 4.20. The second kappa shape index (κ2) is 19.5. The second-order valence-electron chi connectivity index (χ2n) is 15.9. The Morgan fingerprint density at radius 3 is 1.29 bits per heavy atom. The van der Waals surface area contributed by atoms with E-state index in [4.69, 9.17) is 24.2 Å². The van der Waals surface area contributed by atoms with Crippen molar-refractivity contribution in [3.05, 3.63) is 156 Å². The van der Waals surface area contributed by atoms with Crippen LogP contribution in [-0.4, -0.2) is 101 Å². The molecule has 13 nitrogen and oxygen atoms in total. The molecule has 334 valence electrons. The van der Waals surface area contributed by atoms with Crippen LogP contribution in [0.2, 0.25) is 0 Å². The van der Waals surface area contributed by atoms with E-state index in [2.05, 4.69) is 9.97 Å². The number of aliphatic hydroxyl groups excluding tert-OH is 6. The highest BCUT2D eigenvalue weighted by molar-refractivity contribution is 6.00. The first kappa shape index (κ1) is 44.0. The highest BCUT2D eigenvalue weighted by atomic mass is 16.7. The minimum atomic E-state index is -1.63. The fraction of sp³-hybridized carbons (Fsp3) is 0.170. The van der Waals surface area contributed by atoms with Crippen molar-refractivity contribution in [2.75, 3.05) is 19.8 Å². The molecule has 3 aromatic heterocycles. The fourth-order valence-electron chi connectivity index (χ4n) is 8.15. The molecule has 5 atom stereocenters. The summed E-state index contributed by atoms with van der Waals surface area (Å²) in [5, 5.41) is 60.4. The Bertz CT molecular complexity index is 3040. The highest BCUT2D eigenvalue weighted by Crippen LogP contribution is 2.39. The quantitative estimate of drug-likeness (QED) is 0.0466. The number of H-pyrrole nitrogens is 2. The van der Waals surface area contributed by atoms with E-state index in [-0.39, 0.29) is 6.61 Å². The van der Waals surface area contributed by atoms with Gasteiger partial charge in [0.25, 0.3) is 0 Å². The zero-order chi connectivity index (χ0) is 45.7. The van der Waals surface area contributed by atoms with Gasteiger partial charge >= 0.3 is 0 Å². The van der Waals surface area contributed by atoms with E-state index in [0.717, 1.165) is 61.0 Å². The van der Waals surface area contributed by atoms with Crippen LogP contribution in [0.1, 0.15) is 29.7 Å². The van der Waals surface area contributed by atoms with Gasteiger partial charge in [0, 0.05) is 44.3 Å². The number of aromatic nitrogens is 4. The number of hydrogen-bond acceptors (Lipinski definition) is 11. The minimum Gasteiger partial charge on any atom is -0.463 e. The Balaban J connectivity index is 1.34. The van der Waals surface area contributed by atoms with Gasteiger partial charge in [0.15, 0.2) is 0 Å². The van der Waals surface area contributed by atoms with E-state index in [1.807, 2.05) is 133 Å². The second-order valence-corrected chi connectivity index (χ2v) is 15.9. The van der Waals surface area contributed by atoms with Crippen molar-refractivity contribution >= 4 is 46.4 Å². The van der Waals surface area contributed by atoms with Gasteiger partial charge in [-0.1, -0.05) is 84.9 Å². The molecule has 2 aliphatic heterocycles. The van der Waals surface area contributed by atoms with Crippen molar-refractivity contribution < 1.29 is 44.8 Å². The van der Waals surface area contributed by atoms with Gasteiger partial charge in [-0.2, -0.15) is 0 Å². The van der Waals surface area contributed by atoms with Crippen LogP contribution in [0, 0.1) is 0 Å². The number of nitrogens with one attached hydrogen (secondary N) is 2. The van der Waals surface area contributed by atoms with Crippen molar-refractivity contribution in [2.24, 2.45) is 0 Å². The smallest absolute Gasteiger partial charge is 0.229 e. The Labute approximate surface area is 379 Å². The molecule has 0 saturated carbocycles. The molecule has 0 spiro atoms. The summed E-state index contributed by atoms with van der Waals surface area (Å²) in [6, 6.07) is 42.5. The van der Waals surface area contributed by atoms with Crippen LogP contribution in [0.5, 0.6) is 11.5 Å². The molecule has 0 amide bonds. The number of rotatable bonds is 15. The van der Waals surface area contributed by atoms with Crippen LogP contribution in [0.3, 0.4) is 0 Å². The lowest BCUT2D eigenvalue weighted by Gasteiger charge is -2.28. The molecule has 66 heavy (non-hydrogen) atoms. The largest absolute Gasteiger partial charge is 0.463 e. The Morgan fingerprint density at radius 2 is 0.879 bits per heavy atom. The van der Waals surface area contributed by atoms with Crippen LogP contribution < -0.4 is 9.47 Å². The number of aliphatic hydroxyl groups is 6. The summed E-state index contributed by atoms with van der Waals surface area (Å²) in [6.07, 6.45) is 1.16. The first-order valence-electron chi connectivity index (χ1n) is 21.5. The molecule has 2 aliphatic rings. The van der Waals surface area contributed by atoms with Crippen LogP contribution >= 0.6 is 0 Å². The minimum absolute atomic E-state index is 0.291. The predicted octanol–water partition coefficient (Wildman–Crippen LogP) is 7.83. The summed E-state index contributed by atoms with van der Waals surface area (Å²) in [4.78, 5) is 18.1. The van der Waals surface area contributed by atoms with Gasteiger partial charge in [0.1, 0.15) is 30.3 Å². The van der Waals surface area contributed by atoms with E-state index in [1.165, 1.54) is 0 Å². The lowest BCUT2D eigenvalue weighted by atomic mass is 10.0. The van der Waals surface area contributed by atoms with E-state index in [1.54, 1.807) is 31.2 Å². The lowest BCUT2D eigenvalue weighted by Crippen LogP contribution is -2.46. The average molecular weight is 885 g/mol. The van der Waals surface area contributed by atoms with Crippen LogP contribution in [0.15, 0.2) is 133 Å². The summed E-state index contributed by atoms with van der Waals surface area (Å²) in [7, 11) is 0. The van der Waals surface area contributed by atoms with Gasteiger partial charge in [0.2, 0.25) is 12.6 Å². The number of fused-ring (bicyclic) bond motifs is 8. The van der Waals surface area contributed by atoms with Gasteiger partial charge in [-0.05, 0) is 102 Å². The first-order chi connectivity index (χ1) is 32.2. The summed E-state index contributed by atoms with van der Waals surface area (Å²) >= 11 is 0. The highest BCUT2D eigenvalue weighted by Gasteiger charge is 2.30. The van der Waals surface area contributed by atoms with Crippen LogP contribution in [-0.2, 0) is 4.74 Å². The number of aromatic amines is 2.